The molecule has 0 spiro atoms. The van der Waals surface area contributed by atoms with Crippen molar-refractivity contribution in [2.45, 2.75) is 32.1 Å². The van der Waals surface area contributed by atoms with Gasteiger partial charge >= 0.3 is 0 Å². The lowest BCUT2D eigenvalue weighted by molar-refractivity contribution is 0.344. The van der Waals surface area contributed by atoms with Crippen LogP contribution in [-0.4, -0.2) is 6.54 Å². The third-order valence-corrected chi connectivity index (χ3v) is 4.31. The molecule has 1 atom stereocenters. The fourth-order valence-corrected chi connectivity index (χ4v) is 3.06. The summed E-state index contributed by atoms with van der Waals surface area (Å²) >= 11 is 5.99. The molecule has 1 aromatic rings. The summed E-state index contributed by atoms with van der Waals surface area (Å²) in [6.45, 7) is 0.664. The molecule has 0 aromatic heterocycles. The standard InChI is InChI=1S/C14H19ClFN/c15-14-11(6-3-7-13(14)16)8-12(9-17)10-4-1-2-5-10/h3,6-7,10,12H,1-2,4-5,8-9,17H2. The minimum absolute atomic E-state index is 0.268. The molecule has 0 saturated heterocycles. The van der Waals surface area contributed by atoms with Crippen LogP contribution in [0.15, 0.2) is 18.2 Å². The highest BCUT2D eigenvalue weighted by Crippen LogP contribution is 2.34. The van der Waals surface area contributed by atoms with Crippen molar-refractivity contribution in [1.82, 2.24) is 0 Å². The van der Waals surface area contributed by atoms with Gasteiger partial charge in [0.1, 0.15) is 5.82 Å². The lowest BCUT2D eigenvalue weighted by atomic mass is 9.85. The van der Waals surface area contributed by atoms with Crippen molar-refractivity contribution in [1.29, 1.82) is 0 Å². The molecule has 0 heterocycles. The van der Waals surface area contributed by atoms with E-state index in [0.717, 1.165) is 12.0 Å². The van der Waals surface area contributed by atoms with Crippen molar-refractivity contribution in [3.05, 3.63) is 34.6 Å². The Hall–Kier alpha value is -0.600. The predicted octanol–water partition coefficient (Wildman–Crippen LogP) is 3.79. The molecule has 2 N–H and O–H groups in total. The Balaban J connectivity index is 2.09. The number of hydrogen-bond acceptors (Lipinski definition) is 1. The van der Waals surface area contributed by atoms with Crippen LogP contribution in [0.1, 0.15) is 31.2 Å². The van der Waals surface area contributed by atoms with Gasteiger partial charge in [0.2, 0.25) is 0 Å². The third-order valence-electron chi connectivity index (χ3n) is 3.88. The second-order valence-corrected chi connectivity index (χ2v) is 5.34. The van der Waals surface area contributed by atoms with Crippen molar-refractivity contribution >= 4 is 11.6 Å². The minimum atomic E-state index is -0.327. The zero-order valence-electron chi connectivity index (χ0n) is 9.96. The average molecular weight is 256 g/mol. The van der Waals surface area contributed by atoms with Gasteiger partial charge in [0.05, 0.1) is 5.02 Å². The summed E-state index contributed by atoms with van der Waals surface area (Å²) in [6, 6.07) is 5.03. The smallest absolute Gasteiger partial charge is 0.142 e. The quantitative estimate of drug-likeness (QED) is 0.871. The Morgan fingerprint density at radius 1 is 1.35 bits per heavy atom. The van der Waals surface area contributed by atoms with Crippen molar-refractivity contribution in [2.24, 2.45) is 17.6 Å². The highest BCUT2D eigenvalue weighted by molar-refractivity contribution is 6.31. The highest BCUT2D eigenvalue weighted by Gasteiger charge is 2.24. The first-order valence-corrected chi connectivity index (χ1v) is 6.73. The van der Waals surface area contributed by atoms with Gasteiger partial charge < -0.3 is 5.73 Å². The summed E-state index contributed by atoms with van der Waals surface area (Å²) in [7, 11) is 0. The van der Waals surface area contributed by atoms with Crippen LogP contribution in [-0.2, 0) is 6.42 Å². The van der Waals surface area contributed by atoms with Crippen molar-refractivity contribution in [3.8, 4) is 0 Å². The number of nitrogens with two attached hydrogens (primary N) is 1. The molecule has 0 aliphatic heterocycles. The lowest BCUT2D eigenvalue weighted by Crippen LogP contribution is -2.24. The maximum absolute atomic E-state index is 13.3. The largest absolute Gasteiger partial charge is 0.330 e. The van der Waals surface area contributed by atoms with Gasteiger partial charge in [-0.3, -0.25) is 0 Å². The van der Waals surface area contributed by atoms with Crippen LogP contribution in [0.4, 0.5) is 4.39 Å². The van der Waals surface area contributed by atoms with E-state index < -0.39 is 0 Å². The first-order valence-electron chi connectivity index (χ1n) is 6.35. The van der Waals surface area contributed by atoms with E-state index in [1.807, 2.05) is 6.07 Å². The second-order valence-electron chi connectivity index (χ2n) is 4.96. The van der Waals surface area contributed by atoms with Gasteiger partial charge in [0.25, 0.3) is 0 Å². The van der Waals surface area contributed by atoms with Crippen LogP contribution in [0.2, 0.25) is 5.02 Å². The van der Waals surface area contributed by atoms with Crippen LogP contribution in [0, 0.1) is 17.7 Å². The monoisotopic (exact) mass is 255 g/mol. The van der Waals surface area contributed by atoms with Gasteiger partial charge in [0.15, 0.2) is 0 Å². The van der Waals surface area contributed by atoms with Crippen LogP contribution < -0.4 is 5.73 Å². The second kappa shape index (κ2) is 5.83. The van der Waals surface area contributed by atoms with Gasteiger partial charge in [-0.15, -0.1) is 0 Å². The van der Waals surface area contributed by atoms with Crippen LogP contribution >= 0.6 is 11.6 Å². The van der Waals surface area contributed by atoms with E-state index in [0.29, 0.717) is 18.4 Å². The topological polar surface area (TPSA) is 26.0 Å². The predicted molar refractivity (Wildman–Crippen MR) is 69.6 cm³/mol. The van der Waals surface area contributed by atoms with Gasteiger partial charge in [-0.2, -0.15) is 0 Å². The summed E-state index contributed by atoms with van der Waals surface area (Å²) in [4.78, 5) is 0. The molecule has 1 fully saturated rings. The van der Waals surface area contributed by atoms with E-state index in [-0.39, 0.29) is 10.8 Å². The van der Waals surface area contributed by atoms with Crippen LogP contribution in [0.25, 0.3) is 0 Å². The molecule has 1 nitrogen and oxygen atoms in total. The summed E-state index contributed by atoms with van der Waals surface area (Å²) < 4.78 is 13.3. The zero-order valence-corrected chi connectivity index (χ0v) is 10.7. The highest BCUT2D eigenvalue weighted by atomic mass is 35.5. The zero-order chi connectivity index (χ0) is 12.3. The summed E-state index contributed by atoms with van der Waals surface area (Å²) in [5.41, 5.74) is 6.75. The number of hydrogen-bond donors (Lipinski definition) is 1. The lowest BCUT2D eigenvalue weighted by Gasteiger charge is -2.22. The Morgan fingerprint density at radius 3 is 2.71 bits per heavy atom. The van der Waals surface area contributed by atoms with E-state index in [9.17, 15) is 4.39 Å². The molecule has 0 bridgehead atoms. The van der Waals surface area contributed by atoms with Gasteiger partial charge in [0, 0.05) is 0 Å². The third kappa shape index (κ3) is 2.99. The molecule has 1 unspecified atom stereocenters. The number of rotatable bonds is 4. The normalized spacial score (nSPS) is 18.5. The molecule has 0 radical (unpaired) electrons. The van der Waals surface area contributed by atoms with E-state index >= 15 is 0 Å². The molecule has 17 heavy (non-hydrogen) atoms. The first kappa shape index (κ1) is 12.8. The molecule has 1 aliphatic carbocycles. The molecule has 94 valence electrons. The summed E-state index contributed by atoms with van der Waals surface area (Å²) in [5, 5.41) is 0.268. The maximum Gasteiger partial charge on any atom is 0.142 e. The van der Waals surface area contributed by atoms with E-state index in [4.69, 9.17) is 17.3 Å². The number of halogens is 2. The minimum Gasteiger partial charge on any atom is -0.330 e. The summed E-state index contributed by atoms with van der Waals surface area (Å²) in [6.07, 6.45) is 5.93. The molecule has 1 aliphatic rings. The van der Waals surface area contributed by atoms with Gasteiger partial charge in [-0.25, -0.2) is 4.39 Å². The molecule has 2 rings (SSSR count). The average Bonchev–Trinajstić information content (AvgIpc) is 2.85. The molecule has 0 amide bonds. The molecule has 3 heteroatoms. The first-order chi connectivity index (χ1) is 8.22. The maximum atomic E-state index is 13.3. The molecular formula is C14H19ClFN. The van der Waals surface area contributed by atoms with Crippen LogP contribution in [0.3, 0.4) is 0 Å². The SMILES string of the molecule is NCC(Cc1cccc(F)c1Cl)C1CCCC1. The van der Waals surface area contributed by atoms with Crippen LogP contribution in [0.5, 0.6) is 0 Å². The van der Waals surface area contributed by atoms with Gasteiger partial charge in [-0.1, -0.05) is 49.4 Å². The number of benzene rings is 1. The van der Waals surface area contributed by atoms with Crippen molar-refractivity contribution < 1.29 is 4.39 Å². The Kier molecular flexibility index (Phi) is 4.41. The van der Waals surface area contributed by atoms with Gasteiger partial charge in [-0.05, 0) is 36.4 Å². The molecular weight excluding hydrogens is 237 g/mol. The van der Waals surface area contributed by atoms with E-state index in [1.165, 1.54) is 31.7 Å². The fraction of sp³-hybridized carbons (Fsp3) is 0.571. The van der Waals surface area contributed by atoms with Crippen molar-refractivity contribution in [2.75, 3.05) is 6.54 Å². The van der Waals surface area contributed by atoms with Crippen molar-refractivity contribution in [3.63, 3.8) is 0 Å². The van der Waals surface area contributed by atoms with E-state index in [2.05, 4.69) is 0 Å². The molecule has 1 saturated carbocycles. The summed E-state index contributed by atoms with van der Waals surface area (Å²) in [5.74, 6) is 0.808. The Bertz CT molecular complexity index is 374. The van der Waals surface area contributed by atoms with E-state index in [1.54, 1.807) is 6.07 Å². The fourth-order valence-electron chi connectivity index (χ4n) is 2.86. The Labute approximate surface area is 107 Å². The Morgan fingerprint density at radius 2 is 2.06 bits per heavy atom. The molecule has 1 aromatic carbocycles.